The molecule has 2 aliphatic rings. The van der Waals surface area contributed by atoms with E-state index in [9.17, 15) is 9.59 Å². The number of hydrogen-bond acceptors (Lipinski definition) is 6. The van der Waals surface area contributed by atoms with Crippen LogP contribution in [0.25, 0.3) is 0 Å². The molecule has 10 heteroatoms. The average Bonchev–Trinajstić information content (AvgIpc) is 2.36. The summed E-state index contributed by atoms with van der Waals surface area (Å²) in [6.07, 6.45) is 0. The van der Waals surface area contributed by atoms with Crippen LogP contribution in [-0.2, 0) is 14.3 Å². The van der Waals surface area contributed by atoms with Gasteiger partial charge in [-0.3, -0.25) is 9.69 Å². The Labute approximate surface area is 133 Å². The summed E-state index contributed by atoms with van der Waals surface area (Å²) in [5.74, 6) is -0.777. The number of carbonyl (C=O) groups excluding carboxylic acids is 2. The molecule has 0 spiro atoms. The van der Waals surface area contributed by atoms with E-state index in [1.165, 1.54) is 16.7 Å². The van der Waals surface area contributed by atoms with Crippen molar-refractivity contribution >= 4 is 64.2 Å². The second-order valence-corrected chi connectivity index (χ2v) is 7.73. The zero-order valence-corrected chi connectivity index (χ0v) is 13.2. The number of thioether (sulfide) groups is 1. The van der Waals surface area contributed by atoms with Gasteiger partial charge in [-0.05, 0) is 12.5 Å². The van der Waals surface area contributed by atoms with Gasteiger partial charge in [-0.15, -0.1) is 11.8 Å². The van der Waals surface area contributed by atoms with Crippen LogP contribution in [0.3, 0.4) is 0 Å². The highest BCUT2D eigenvalue weighted by atomic mass is 35.6. The van der Waals surface area contributed by atoms with Gasteiger partial charge in [0.2, 0.25) is 3.79 Å². The minimum absolute atomic E-state index is 0.00850. The highest BCUT2D eigenvalue weighted by Crippen LogP contribution is 2.39. The molecule has 1 N–H and O–H groups in total. The monoisotopic (exact) mass is 358 g/mol. The fourth-order valence-electron chi connectivity index (χ4n) is 1.82. The predicted octanol–water partition coefficient (Wildman–Crippen LogP) is 1.92. The Hall–Kier alpha value is -0.630. The maximum atomic E-state index is 12.0. The summed E-state index contributed by atoms with van der Waals surface area (Å²) in [4.78, 5) is 25.0. The molecule has 1 atom stereocenters. The molecule has 0 aromatic heterocycles. The third kappa shape index (κ3) is 2.86. The molecule has 0 unspecified atom stereocenters. The van der Waals surface area contributed by atoms with E-state index in [1.807, 2.05) is 0 Å². The molecule has 1 saturated heterocycles. The number of fused-ring (bicyclic) bond motifs is 1. The van der Waals surface area contributed by atoms with E-state index in [-0.39, 0.29) is 11.4 Å². The molecule has 6 nitrogen and oxygen atoms in total. The van der Waals surface area contributed by atoms with Gasteiger partial charge >= 0.3 is 5.97 Å². The van der Waals surface area contributed by atoms with Gasteiger partial charge in [0.15, 0.2) is 5.71 Å². The standard InChI is InChI=1S/C10H9Cl3N2O4S/c1-4-2-20-8-5(14-18)7(16)15(8)6(4)9(17)19-3-10(11,12)13/h8,18H,2-3H2,1H3/b14-5+/t8-/m1/s1. The molecule has 0 saturated carbocycles. The minimum Gasteiger partial charge on any atom is -0.456 e. The summed E-state index contributed by atoms with van der Waals surface area (Å²) in [6.45, 7) is 1.28. The van der Waals surface area contributed by atoms with Crippen molar-refractivity contribution in [3.05, 3.63) is 11.3 Å². The molecule has 2 heterocycles. The zero-order chi connectivity index (χ0) is 15.1. The maximum absolute atomic E-state index is 12.0. The second kappa shape index (κ2) is 5.63. The van der Waals surface area contributed by atoms with Gasteiger partial charge in [0.1, 0.15) is 17.7 Å². The van der Waals surface area contributed by atoms with E-state index in [0.717, 1.165) is 0 Å². The van der Waals surface area contributed by atoms with Crippen LogP contribution >= 0.6 is 46.6 Å². The number of β-lactam (4-membered cyclic amide) rings is 1. The quantitative estimate of drug-likeness (QED) is 0.268. The van der Waals surface area contributed by atoms with Crippen molar-refractivity contribution < 1.29 is 19.5 Å². The summed E-state index contributed by atoms with van der Waals surface area (Å²) < 4.78 is 3.17. The normalized spacial score (nSPS) is 24.6. The lowest BCUT2D eigenvalue weighted by Gasteiger charge is -2.43. The van der Waals surface area contributed by atoms with Gasteiger partial charge in [0.25, 0.3) is 5.91 Å². The Morgan fingerprint density at radius 3 is 2.80 bits per heavy atom. The maximum Gasteiger partial charge on any atom is 0.355 e. The van der Waals surface area contributed by atoms with Crippen molar-refractivity contribution in [1.29, 1.82) is 0 Å². The number of alkyl halides is 3. The first-order valence-corrected chi connectivity index (χ1v) is 7.55. The van der Waals surface area contributed by atoms with Gasteiger partial charge in [-0.25, -0.2) is 4.79 Å². The first-order valence-electron chi connectivity index (χ1n) is 5.37. The van der Waals surface area contributed by atoms with Crippen LogP contribution in [0.4, 0.5) is 0 Å². The zero-order valence-electron chi connectivity index (χ0n) is 10.1. The molecule has 0 aromatic carbocycles. The van der Waals surface area contributed by atoms with E-state index in [2.05, 4.69) is 5.16 Å². The molecule has 2 aliphatic heterocycles. The predicted molar refractivity (Wildman–Crippen MR) is 76.3 cm³/mol. The third-order valence-corrected chi connectivity index (χ3v) is 4.35. The summed E-state index contributed by atoms with van der Waals surface area (Å²) in [7, 11) is 0. The van der Waals surface area contributed by atoms with Gasteiger partial charge < -0.3 is 9.94 Å². The van der Waals surface area contributed by atoms with Crippen molar-refractivity contribution in [2.24, 2.45) is 5.16 Å². The summed E-state index contributed by atoms with van der Waals surface area (Å²) in [6, 6.07) is 0. The Morgan fingerprint density at radius 2 is 2.25 bits per heavy atom. The lowest BCUT2D eigenvalue weighted by Crippen LogP contribution is -2.62. The number of rotatable bonds is 2. The number of nitrogens with zero attached hydrogens (tertiary/aromatic N) is 2. The summed E-state index contributed by atoms with van der Waals surface area (Å²) in [5, 5.41) is 11.2. The van der Waals surface area contributed by atoms with Crippen molar-refractivity contribution in [2.75, 3.05) is 12.4 Å². The molecule has 0 bridgehead atoms. The highest BCUT2D eigenvalue weighted by Gasteiger charge is 2.51. The number of carbonyl (C=O) groups is 2. The van der Waals surface area contributed by atoms with E-state index in [0.29, 0.717) is 11.3 Å². The third-order valence-electron chi connectivity index (χ3n) is 2.68. The van der Waals surface area contributed by atoms with E-state index < -0.39 is 27.6 Å². The largest absolute Gasteiger partial charge is 0.456 e. The second-order valence-electron chi connectivity index (χ2n) is 4.14. The first-order chi connectivity index (χ1) is 9.26. The van der Waals surface area contributed by atoms with Crippen LogP contribution in [0.1, 0.15) is 6.92 Å². The topological polar surface area (TPSA) is 79.2 Å². The van der Waals surface area contributed by atoms with Crippen LogP contribution in [0.5, 0.6) is 0 Å². The molecular formula is C10H9Cl3N2O4S. The highest BCUT2D eigenvalue weighted by molar-refractivity contribution is 8.01. The molecule has 0 aromatic rings. The van der Waals surface area contributed by atoms with Crippen molar-refractivity contribution in [1.82, 2.24) is 4.90 Å². The van der Waals surface area contributed by atoms with Crippen molar-refractivity contribution in [2.45, 2.75) is 16.1 Å². The minimum atomic E-state index is -1.72. The van der Waals surface area contributed by atoms with E-state index in [1.54, 1.807) is 6.92 Å². The molecule has 110 valence electrons. The first kappa shape index (κ1) is 15.8. The lowest BCUT2D eigenvalue weighted by atomic mass is 10.1. The van der Waals surface area contributed by atoms with Crippen molar-refractivity contribution in [3.8, 4) is 0 Å². The molecule has 2 rings (SSSR count). The average molecular weight is 360 g/mol. The van der Waals surface area contributed by atoms with Crippen LogP contribution < -0.4 is 0 Å². The van der Waals surface area contributed by atoms with Gasteiger partial charge in [0.05, 0.1) is 0 Å². The summed E-state index contributed by atoms with van der Waals surface area (Å²) >= 11 is 17.9. The summed E-state index contributed by atoms with van der Waals surface area (Å²) in [5.41, 5.74) is 0.792. The number of esters is 1. The molecule has 0 aliphatic carbocycles. The van der Waals surface area contributed by atoms with Crippen LogP contribution in [-0.4, -0.2) is 49.2 Å². The number of hydrogen-bond donors (Lipinski definition) is 1. The number of amides is 1. The van der Waals surface area contributed by atoms with Gasteiger partial charge in [-0.2, -0.15) is 0 Å². The van der Waals surface area contributed by atoms with Crippen LogP contribution in [0.15, 0.2) is 16.4 Å². The Morgan fingerprint density at radius 1 is 1.60 bits per heavy atom. The fourth-order valence-corrected chi connectivity index (χ4v) is 3.19. The SMILES string of the molecule is CC1=C(C(=O)OCC(Cl)(Cl)Cl)N2C(=O)/C(=N\O)[C@H]2SC1. The number of oxime groups is 1. The van der Waals surface area contributed by atoms with Gasteiger partial charge in [-0.1, -0.05) is 40.0 Å². The van der Waals surface area contributed by atoms with Crippen LogP contribution in [0.2, 0.25) is 0 Å². The van der Waals surface area contributed by atoms with E-state index >= 15 is 0 Å². The van der Waals surface area contributed by atoms with Crippen molar-refractivity contribution in [3.63, 3.8) is 0 Å². The fraction of sp³-hybridized carbons (Fsp3) is 0.500. The Kier molecular flexibility index (Phi) is 4.44. The Balaban J connectivity index is 2.17. The molecule has 1 fully saturated rings. The van der Waals surface area contributed by atoms with E-state index in [4.69, 9.17) is 44.7 Å². The smallest absolute Gasteiger partial charge is 0.355 e. The number of halogens is 3. The van der Waals surface area contributed by atoms with Gasteiger partial charge in [0, 0.05) is 5.75 Å². The molecule has 0 radical (unpaired) electrons. The Bertz CT molecular complexity index is 529. The number of ether oxygens (including phenoxy) is 1. The molecule has 20 heavy (non-hydrogen) atoms. The molecule has 1 amide bonds. The molecular weight excluding hydrogens is 351 g/mol. The van der Waals surface area contributed by atoms with Crippen LogP contribution in [0, 0.1) is 0 Å². The lowest BCUT2D eigenvalue weighted by molar-refractivity contribution is -0.144.